The normalized spacial score (nSPS) is 13.6. The van der Waals surface area contributed by atoms with Gasteiger partial charge in [0.25, 0.3) is 5.91 Å². The molecule has 1 aliphatic rings. The lowest BCUT2D eigenvalue weighted by Crippen LogP contribution is -2.30. The lowest BCUT2D eigenvalue weighted by atomic mass is 10.1. The van der Waals surface area contributed by atoms with Crippen molar-refractivity contribution >= 4 is 28.9 Å². The Balaban J connectivity index is 1.31. The van der Waals surface area contributed by atoms with Crippen molar-refractivity contribution in [3.8, 4) is 10.6 Å². The van der Waals surface area contributed by atoms with Gasteiger partial charge in [-0.3, -0.25) is 14.6 Å². The number of carbonyl (C=O) groups excluding carboxylic acids is 2. The SMILES string of the molecule is C[C@@H](OC(=O)Cc1csc(-c2cccnc2)n1)C(=O)Nc1ccc2c(c1)CCC2. The van der Waals surface area contributed by atoms with E-state index in [2.05, 4.69) is 21.4 Å². The average molecular weight is 407 g/mol. The van der Waals surface area contributed by atoms with Crippen LogP contribution in [0, 0.1) is 0 Å². The van der Waals surface area contributed by atoms with E-state index in [0.29, 0.717) is 5.69 Å². The van der Waals surface area contributed by atoms with E-state index in [1.165, 1.54) is 22.5 Å². The Kier molecular flexibility index (Phi) is 5.67. The molecule has 6 nitrogen and oxygen atoms in total. The van der Waals surface area contributed by atoms with Gasteiger partial charge in [0.2, 0.25) is 0 Å². The predicted molar refractivity (Wildman–Crippen MR) is 112 cm³/mol. The maximum Gasteiger partial charge on any atom is 0.312 e. The highest BCUT2D eigenvalue weighted by molar-refractivity contribution is 7.13. The third kappa shape index (κ3) is 4.68. The van der Waals surface area contributed by atoms with E-state index >= 15 is 0 Å². The Morgan fingerprint density at radius 2 is 2.10 bits per heavy atom. The minimum absolute atomic E-state index is 0.0211. The summed E-state index contributed by atoms with van der Waals surface area (Å²) in [7, 11) is 0. The van der Waals surface area contributed by atoms with Crippen molar-refractivity contribution in [2.24, 2.45) is 0 Å². The van der Waals surface area contributed by atoms with Crippen molar-refractivity contribution in [2.75, 3.05) is 5.32 Å². The lowest BCUT2D eigenvalue weighted by Gasteiger charge is -2.14. The number of aromatic nitrogens is 2. The summed E-state index contributed by atoms with van der Waals surface area (Å²) in [4.78, 5) is 33.1. The number of ether oxygens (including phenoxy) is 1. The van der Waals surface area contributed by atoms with Crippen LogP contribution in [0.2, 0.25) is 0 Å². The van der Waals surface area contributed by atoms with Crippen molar-refractivity contribution in [3.63, 3.8) is 0 Å². The number of fused-ring (bicyclic) bond motifs is 1. The Labute approximate surface area is 173 Å². The number of thiazole rings is 1. The summed E-state index contributed by atoms with van der Waals surface area (Å²) in [5.41, 5.74) is 4.88. The maximum absolute atomic E-state index is 12.4. The summed E-state index contributed by atoms with van der Waals surface area (Å²) in [6, 6.07) is 9.71. The third-order valence-electron chi connectivity index (χ3n) is 4.83. The van der Waals surface area contributed by atoms with Gasteiger partial charge in [0.1, 0.15) is 5.01 Å². The van der Waals surface area contributed by atoms with Crippen LogP contribution in [-0.4, -0.2) is 27.9 Å². The fraction of sp³-hybridized carbons (Fsp3) is 0.273. The molecule has 1 atom stereocenters. The summed E-state index contributed by atoms with van der Waals surface area (Å²) in [6.45, 7) is 1.57. The van der Waals surface area contributed by atoms with Crippen LogP contribution in [0.4, 0.5) is 5.69 Å². The van der Waals surface area contributed by atoms with Gasteiger partial charge in [-0.1, -0.05) is 6.07 Å². The van der Waals surface area contributed by atoms with Gasteiger partial charge in [-0.15, -0.1) is 11.3 Å². The van der Waals surface area contributed by atoms with E-state index in [-0.39, 0.29) is 12.3 Å². The van der Waals surface area contributed by atoms with E-state index in [9.17, 15) is 9.59 Å². The number of pyridine rings is 1. The van der Waals surface area contributed by atoms with Gasteiger partial charge in [0.05, 0.1) is 12.1 Å². The highest BCUT2D eigenvalue weighted by Crippen LogP contribution is 2.25. The number of nitrogens with zero attached hydrogens (tertiary/aromatic N) is 2. The van der Waals surface area contributed by atoms with Gasteiger partial charge >= 0.3 is 5.97 Å². The highest BCUT2D eigenvalue weighted by atomic mass is 32.1. The van der Waals surface area contributed by atoms with Gasteiger partial charge < -0.3 is 10.1 Å². The quantitative estimate of drug-likeness (QED) is 0.629. The molecule has 7 heteroatoms. The maximum atomic E-state index is 12.4. The molecule has 0 saturated carbocycles. The Morgan fingerprint density at radius 1 is 1.24 bits per heavy atom. The first kappa shape index (κ1) is 19.3. The number of nitrogens with one attached hydrogen (secondary N) is 1. The summed E-state index contributed by atoms with van der Waals surface area (Å²) in [5, 5.41) is 5.44. The molecule has 2 heterocycles. The van der Waals surface area contributed by atoms with Crippen LogP contribution in [0.25, 0.3) is 10.6 Å². The molecule has 0 bridgehead atoms. The van der Waals surface area contributed by atoms with E-state index in [1.807, 2.05) is 29.6 Å². The Hall–Kier alpha value is -3.06. The topological polar surface area (TPSA) is 81.2 Å². The molecule has 1 aliphatic carbocycles. The van der Waals surface area contributed by atoms with Crippen molar-refractivity contribution in [2.45, 2.75) is 38.7 Å². The van der Waals surface area contributed by atoms with Crippen LogP contribution in [-0.2, 0) is 33.6 Å². The predicted octanol–water partition coefficient (Wildman–Crippen LogP) is 3.81. The number of aryl methyl sites for hydroxylation is 2. The number of hydrogen-bond acceptors (Lipinski definition) is 6. The number of esters is 1. The fourth-order valence-corrected chi connectivity index (χ4v) is 4.15. The zero-order valence-electron chi connectivity index (χ0n) is 16.1. The zero-order chi connectivity index (χ0) is 20.2. The number of rotatable bonds is 6. The molecule has 1 amide bonds. The molecule has 4 rings (SSSR count). The summed E-state index contributed by atoms with van der Waals surface area (Å²) in [6.07, 6.45) is 5.85. The van der Waals surface area contributed by atoms with Gasteiger partial charge in [-0.25, -0.2) is 4.98 Å². The van der Waals surface area contributed by atoms with Crippen LogP contribution in [0.5, 0.6) is 0 Å². The van der Waals surface area contributed by atoms with Crippen molar-refractivity contribution < 1.29 is 14.3 Å². The lowest BCUT2D eigenvalue weighted by molar-refractivity contribution is -0.152. The molecule has 0 radical (unpaired) electrons. The number of hydrogen-bond donors (Lipinski definition) is 1. The molecule has 3 aromatic rings. The van der Waals surface area contributed by atoms with Crippen LogP contribution in [0.15, 0.2) is 48.1 Å². The van der Waals surface area contributed by atoms with Crippen LogP contribution < -0.4 is 5.32 Å². The first-order valence-corrected chi connectivity index (χ1v) is 10.4. The summed E-state index contributed by atoms with van der Waals surface area (Å²) >= 11 is 1.44. The van der Waals surface area contributed by atoms with Crippen LogP contribution >= 0.6 is 11.3 Å². The number of carbonyl (C=O) groups is 2. The van der Waals surface area contributed by atoms with Gasteiger partial charge in [-0.05, 0) is 61.6 Å². The molecule has 0 saturated heterocycles. The van der Waals surface area contributed by atoms with E-state index < -0.39 is 12.1 Å². The molecule has 0 spiro atoms. The summed E-state index contributed by atoms with van der Waals surface area (Å²) in [5.74, 6) is -0.824. The number of amides is 1. The van der Waals surface area contributed by atoms with E-state index in [4.69, 9.17) is 4.74 Å². The second-order valence-corrected chi connectivity index (χ2v) is 7.88. The fourth-order valence-electron chi connectivity index (χ4n) is 3.34. The second kappa shape index (κ2) is 8.53. The Morgan fingerprint density at radius 3 is 2.93 bits per heavy atom. The first-order chi connectivity index (χ1) is 14.1. The summed E-state index contributed by atoms with van der Waals surface area (Å²) < 4.78 is 5.30. The molecule has 0 aliphatic heterocycles. The molecule has 29 heavy (non-hydrogen) atoms. The Bertz CT molecular complexity index is 1030. The van der Waals surface area contributed by atoms with Gasteiger partial charge in [-0.2, -0.15) is 0 Å². The number of anilines is 1. The average Bonchev–Trinajstić information content (AvgIpc) is 3.37. The zero-order valence-corrected chi connectivity index (χ0v) is 16.9. The van der Waals surface area contributed by atoms with E-state index in [1.54, 1.807) is 19.3 Å². The number of benzene rings is 1. The van der Waals surface area contributed by atoms with Crippen LogP contribution in [0.3, 0.4) is 0 Å². The second-order valence-electron chi connectivity index (χ2n) is 7.02. The largest absolute Gasteiger partial charge is 0.452 e. The van der Waals surface area contributed by atoms with Gasteiger partial charge in [0.15, 0.2) is 6.10 Å². The molecule has 1 N–H and O–H groups in total. The molecular weight excluding hydrogens is 386 g/mol. The molecular formula is C22H21N3O3S. The molecule has 0 fully saturated rings. The minimum Gasteiger partial charge on any atom is -0.452 e. The molecule has 148 valence electrons. The van der Waals surface area contributed by atoms with Crippen molar-refractivity contribution in [1.82, 2.24) is 9.97 Å². The first-order valence-electron chi connectivity index (χ1n) is 9.55. The third-order valence-corrected chi connectivity index (χ3v) is 5.77. The van der Waals surface area contributed by atoms with Crippen LogP contribution in [0.1, 0.15) is 30.2 Å². The van der Waals surface area contributed by atoms with E-state index in [0.717, 1.165) is 35.5 Å². The molecule has 0 unspecified atom stereocenters. The van der Waals surface area contributed by atoms with Crippen molar-refractivity contribution in [3.05, 3.63) is 64.9 Å². The smallest absolute Gasteiger partial charge is 0.312 e. The monoisotopic (exact) mass is 407 g/mol. The van der Waals surface area contributed by atoms with Crippen molar-refractivity contribution in [1.29, 1.82) is 0 Å². The minimum atomic E-state index is -0.882. The van der Waals surface area contributed by atoms with Gasteiger partial charge in [0, 0.05) is 29.0 Å². The molecule has 2 aromatic heterocycles. The highest BCUT2D eigenvalue weighted by Gasteiger charge is 2.20. The standard InChI is InChI=1S/C22H21N3O3S/c1-14(21(27)24-18-8-7-15-4-2-5-16(15)10-18)28-20(26)11-19-13-29-22(25-19)17-6-3-9-23-12-17/h3,6-10,12-14H,2,4-5,11H2,1H3,(H,24,27)/t14-/m1/s1. The molecule has 1 aromatic carbocycles.